The Balaban J connectivity index is 1.60. The van der Waals surface area contributed by atoms with Gasteiger partial charge in [-0.25, -0.2) is 4.98 Å². The average Bonchev–Trinajstić information content (AvgIpc) is 3.28. The molecule has 0 saturated heterocycles. The molecule has 142 valence electrons. The number of allylic oxidation sites excluding steroid dienone is 1. The summed E-state index contributed by atoms with van der Waals surface area (Å²) in [6.07, 6.45) is 6.92. The molecule has 4 N–H and O–H groups in total. The van der Waals surface area contributed by atoms with Gasteiger partial charge >= 0.3 is 0 Å². The third-order valence-corrected chi connectivity index (χ3v) is 6.16. The molecule has 1 amide bonds. The Labute approximate surface area is 165 Å². The maximum absolute atomic E-state index is 11.9. The average molecular weight is 432 g/mol. The minimum atomic E-state index is -0.269. The van der Waals surface area contributed by atoms with Gasteiger partial charge in [0.15, 0.2) is 0 Å². The molecule has 2 bridgehead atoms. The molecular formula is C18H22BrN7O. The summed E-state index contributed by atoms with van der Waals surface area (Å²) in [4.78, 5) is 20.9. The molecule has 8 nitrogen and oxygen atoms in total. The second kappa shape index (κ2) is 6.63. The number of hydrogen-bond acceptors (Lipinski definition) is 6. The Hall–Kier alpha value is -2.42. The van der Waals surface area contributed by atoms with Crippen molar-refractivity contribution >= 4 is 39.3 Å². The van der Waals surface area contributed by atoms with E-state index in [-0.39, 0.29) is 29.7 Å². The summed E-state index contributed by atoms with van der Waals surface area (Å²) >= 11 is 3.50. The highest BCUT2D eigenvalue weighted by molar-refractivity contribution is 9.10. The number of anilines is 3. The topological polar surface area (TPSA) is 111 Å². The van der Waals surface area contributed by atoms with E-state index in [1.165, 1.54) is 0 Å². The van der Waals surface area contributed by atoms with Crippen LogP contribution in [0, 0.1) is 31.6 Å². The van der Waals surface area contributed by atoms with E-state index in [4.69, 9.17) is 5.73 Å². The molecule has 1 fully saturated rings. The van der Waals surface area contributed by atoms with E-state index in [0.29, 0.717) is 11.8 Å². The molecule has 27 heavy (non-hydrogen) atoms. The van der Waals surface area contributed by atoms with Crippen molar-refractivity contribution in [1.29, 1.82) is 0 Å². The van der Waals surface area contributed by atoms with Gasteiger partial charge in [-0.15, -0.1) is 0 Å². The number of primary amides is 1. The molecule has 0 radical (unpaired) electrons. The molecule has 2 heterocycles. The number of halogens is 1. The summed E-state index contributed by atoms with van der Waals surface area (Å²) in [5.41, 5.74) is 8.43. The first-order valence-electron chi connectivity index (χ1n) is 8.89. The third-order valence-electron chi connectivity index (χ3n) is 5.58. The van der Waals surface area contributed by atoms with Crippen molar-refractivity contribution < 1.29 is 4.79 Å². The molecule has 0 aromatic carbocycles. The van der Waals surface area contributed by atoms with Crippen LogP contribution in [-0.2, 0) is 11.8 Å². The van der Waals surface area contributed by atoms with E-state index in [9.17, 15) is 4.79 Å². The van der Waals surface area contributed by atoms with Gasteiger partial charge in [-0.05, 0) is 48.0 Å². The van der Waals surface area contributed by atoms with Crippen molar-refractivity contribution in [3.05, 3.63) is 34.2 Å². The lowest BCUT2D eigenvalue weighted by atomic mass is 9.88. The standard InChI is InChI=1S/C18H22BrN7O/c1-8-14(9(2)26(3)25-8)23-18-21-7-12(19)17(24-18)22-15-11-5-4-10(6-11)13(15)16(20)27/h4-5,7,10-11,13,15H,6H2,1-3H3,(H2,20,27)(H2,21,22,23,24)/t10-,11+,13+,15-/m1/s1. The largest absolute Gasteiger partial charge is 0.369 e. The zero-order chi connectivity index (χ0) is 19.3. The van der Waals surface area contributed by atoms with Crippen LogP contribution in [0.2, 0.25) is 0 Å². The normalized spacial score (nSPS) is 25.8. The summed E-state index contributed by atoms with van der Waals surface area (Å²) in [5.74, 6) is 1.12. The van der Waals surface area contributed by atoms with Crippen LogP contribution in [0.25, 0.3) is 0 Å². The first-order chi connectivity index (χ1) is 12.8. The number of fused-ring (bicyclic) bond motifs is 2. The Kier molecular flexibility index (Phi) is 4.41. The van der Waals surface area contributed by atoms with Crippen molar-refractivity contribution in [1.82, 2.24) is 19.7 Å². The van der Waals surface area contributed by atoms with Crippen molar-refractivity contribution in [2.24, 2.45) is 30.5 Å². The van der Waals surface area contributed by atoms with Crippen LogP contribution in [0.5, 0.6) is 0 Å². The van der Waals surface area contributed by atoms with Gasteiger partial charge in [0.2, 0.25) is 11.9 Å². The summed E-state index contributed by atoms with van der Waals surface area (Å²) in [5, 5.41) is 11.1. The molecular weight excluding hydrogens is 410 g/mol. The summed E-state index contributed by atoms with van der Waals surface area (Å²) < 4.78 is 2.55. The zero-order valence-corrected chi connectivity index (χ0v) is 17.0. The van der Waals surface area contributed by atoms with Crippen LogP contribution in [0.4, 0.5) is 17.5 Å². The molecule has 4 rings (SSSR count). The lowest BCUT2D eigenvalue weighted by Gasteiger charge is -2.27. The number of aromatic nitrogens is 4. The number of hydrogen-bond donors (Lipinski definition) is 3. The van der Waals surface area contributed by atoms with Gasteiger partial charge in [0.05, 0.1) is 27.5 Å². The Morgan fingerprint density at radius 3 is 2.74 bits per heavy atom. The SMILES string of the molecule is Cc1nn(C)c(C)c1Nc1ncc(Br)c(N[C@H]2[C@@H](C(N)=O)[C@@H]3C=C[C@H]2C3)n1. The first kappa shape index (κ1) is 18.0. The van der Waals surface area contributed by atoms with Crippen LogP contribution < -0.4 is 16.4 Å². The van der Waals surface area contributed by atoms with Gasteiger partial charge in [-0.1, -0.05) is 12.2 Å². The van der Waals surface area contributed by atoms with E-state index in [1.54, 1.807) is 6.20 Å². The summed E-state index contributed by atoms with van der Waals surface area (Å²) in [7, 11) is 1.90. The second-order valence-corrected chi connectivity index (χ2v) is 8.09. The highest BCUT2D eigenvalue weighted by atomic mass is 79.9. The van der Waals surface area contributed by atoms with Crippen LogP contribution in [0.1, 0.15) is 17.8 Å². The quantitative estimate of drug-likeness (QED) is 0.626. The molecule has 2 aromatic heterocycles. The molecule has 4 atom stereocenters. The number of amides is 1. The van der Waals surface area contributed by atoms with Gasteiger partial charge in [0.1, 0.15) is 5.82 Å². The fourth-order valence-corrected chi connectivity index (χ4v) is 4.47. The highest BCUT2D eigenvalue weighted by Crippen LogP contribution is 2.45. The highest BCUT2D eigenvalue weighted by Gasteiger charge is 2.47. The minimum Gasteiger partial charge on any atom is -0.369 e. The molecule has 0 spiro atoms. The monoisotopic (exact) mass is 431 g/mol. The predicted octanol–water partition coefficient (Wildman–Crippen LogP) is 2.42. The molecule has 0 unspecified atom stereocenters. The summed E-state index contributed by atoms with van der Waals surface area (Å²) in [6, 6.07) is -0.0570. The van der Waals surface area contributed by atoms with Gasteiger partial charge in [0.25, 0.3) is 0 Å². The smallest absolute Gasteiger partial charge is 0.229 e. The second-order valence-electron chi connectivity index (χ2n) is 7.23. The Bertz CT molecular complexity index is 938. The molecule has 2 aromatic rings. The van der Waals surface area contributed by atoms with E-state index < -0.39 is 0 Å². The van der Waals surface area contributed by atoms with Crippen molar-refractivity contribution in [2.75, 3.05) is 10.6 Å². The van der Waals surface area contributed by atoms with Crippen molar-refractivity contribution in [3.63, 3.8) is 0 Å². The fourth-order valence-electron chi connectivity index (χ4n) is 4.16. The van der Waals surface area contributed by atoms with E-state index in [0.717, 1.165) is 28.0 Å². The number of nitrogens with zero attached hydrogens (tertiary/aromatic N) is 4. The lowest BCUT2D eigenvalue weighted by molar-refractivity contribution is -0.122. The third kappa shape index (κ3) is 3.09. The summed E-state index contributed by atoms with van der Waals surface area (Å²) in [6.45, 7) is 3.92. The Morgan fingerprint density at radius 2 is 2.07 bits per heavy atom. The lowest BCUT2D eigenvalue weighted by Crippen LogP contribution is -2.41. The van der Waals surface area contributed by atoms with Gasteiger partial charge in [0, 0.05) is 19.3 Å². The molecule has 1 saturated carbocycles. The molecule has 0 aliphatic heterocycles. The minimum absolute atomic E-state index is 0.0570. The molecule has 2 aliphatic carbocycles. The van der Waals surface area contributed by atoms with Crippen molar-refractivity contribution in [3.8, 4) is 0 Å². The van der Waals surface area contributed by atoms with Gasteiger partial charge in [-0.3, -0.25) is 9.48 Å². The van der Waals surface area contributed by atoms with Crippen LogP contribution >= 0.6 is 15.9 Å². The molecule has 9 heteroatoms. The first-order valence-corrected chi connectivity index (χ1v) is 9.68. The van der Waals surface area contributed by atoms with Gasteiger partial charge < -0.3 is 16.4 Å². The van der Waals surface area contributed by atoms with E-state index in [1.807, 2.05) is 25.6 Å². The zero-order valence-electron chi connectivity index (χ0n) is 15.4. The van der Waals surface area contributed by atoms with Crippen LogP contribution in [0.3, 0.4) is 0 Å². The number of nitrogens with one attached hydrogen (secondary N) is 2. The van der Waals surface area contributed by atoms with Crippen LogP contribution in [-0.4, -0.2) is 31.7 Å². The Morgan fingerprint density at radius 1 is 1.33 bits per heavy atom. The van der Waals surface area contributed by atoms with E-state index in [2.05, 4.69) is 53.8 Å². The number of aryl methyl sites for hydroxylation is 2. The fraction of sp³-hybridized carbons (Fsp3) is 0.444. The maximum atomic E-state index is 11.9. The maximum Gasteiger partial charge on any atom is 0.229 e. The van der Waals surface area contributed by atoms with Gasteiger partial charge in [-0.2, -0.15) is 10.1 Å². The predicted molar refractivity (Wildman–Crippen MR) is 107 cm³/mol. The molecule has 2 aliphatic rings. The van der Waals surface area contributed by atoms with E-state index >= 15 is 0 Å². The van der Waals surface area contributed by atoms with Crippen LogP contribution in [0.15, 0.2) is 22.8 Å². The number of nitrogens with two attached hydrogens (primary N) is 1. The van der Waals surface area contributed by atoms with Crippen molar-refractivity contribution in [2.45, 2.75) is 26.3 Å². The number of carbonyl (C=O) groups is 1. The number of rotatable bonds is 5. The number of carbonyl (C=O) groups excluding carboxylic acids is 1.